The first-order chi connectivity index (χ1) is 9.23. The summed E-state index contributed by atoms with van der Waals surface area (Å²) in [5.74, 6) is -3.00. The molecular weight excluding hydrogens is 264 g/mol. The maximum Gasteiger partial charge on any atom is 0.307 e. The van der Waals surface area contributed by atoms with Gasteiger partial charge in [-0.15, -0.1) is 0 Å². The fourth-order valence-electron chi connectivity index (χ4n) is 1.64. The smallest absolute Gasteiger partial charge is 0.307 e. The summed E-state index contributed by atoms with van der Waals surface area (Å²) in [4.78, 5) is 32.9. The number of nitro groups is 1. The van der Waals surface area contributed by atoms with E-state index in [0.717, 1.165) is 0 Å². The number of carbonyl (C=O) groups excluding carboxylic acids is 1. The molecule has 0 bridgehead atoms. The number of nitrogens with one attached hydrogen (secondary N) is 1. The molecule has 0 aliphatic carbocycles. The van der Waals surface area contributed by atoms with Crippen molar-refractivity contribution in [3.8, 4) is 0 Å². The molecular formula is C13H16N2O5. The third-order valence-corrected chi connectivity index (χ3v) is 3.21. The Morgan fingerprint density at radius 2 is 1.90 bits per heavy atom. The molecule has 20 heavy (non-hydrogen) atoms. The van der Waals surface area contributed by atoms with Gasteiger partial charge in [0.15, 0.2) is 0 Å². The summed E-state index contributed by atoms with van der Waals surface area (Å²) in [5.41, 5.74) is 0.796. The predicted octanol–water partition coefficient (Wildman–Crippen LogP) is 2.20. The summed E-state index contributed by atoms with van der Waals surface area (Å²) in [6, 6.07) is 4.20. The van der Waals surface area contributed by atoms with Gasteiger partial charge in [0.25, 0.3) is 5.69 Å². The molecule has 0 aliphatic rings. The second kappa shape index (κ2) is 6.14. The molecule has 0 aromatic heterocycles. The van der Waals surface area contributed by atoms with Crippen LogP contribution in [-0.2, 0) is 9.59 Å². The highest BCUT2D eigenvalue weighted by atomic mass is 16.6. The predicted molar refractivity (Wildman–Crippen MR) is 72.4 cm³/mol. The summed E-state index contributed by atoms with van der Waals surface area (Å²) < 4.78 is 0. The van der Waals surface area contributed by atoms with Crippen LogP contribution in [0.4, 0.5) is 11.4 Å². The number of carboxylic acids is 1. The van der Waals surface area contributed by atoms with Crippen LogP contribution in [0.1, 0.15) is 19.4 Å². The molecule has 0 saturated carbocycles. The maximum absolute atomic E-state index is 11.9. The lowest BCUT2D eigenvalue weighted by Gasteiger charge is -2.16. The quantitative estimate of drug-likeness (QED) is 0.634. The maximum atomic E-state index is 11.9. The third kappa shape index (κ3) is 3.53. The van der Waals surface area contributed by atoms with Gasteiger partial charge in [-0.1, -0.05) is 13.8 Å². The highest BCUT2D eigenvalue weighted by Gasteiger charge is 2.26. The topological polar surface area (TPSA) is 110 Å². The highest BCUT2D eigenvalue weighted by molar-refractivity contribution is 5.94. The van der Waals surface area contributed by atoms with Crippen LogP contribution in [0.5, 0.6) is 0 Å². The van der Waals surface area contributed by atoms with E-state index in [9.17, 15) is 19.7 Å². The zero-order chi connectivity index (χ0) is 15.4. The van der Waals surface area contributed by atoms with Crippen molar-refractivity contribution in [3.05, 3.63) is 33.9 Å². The van der Waals surface area contributed by atoms with E-state index in [4.69, 9.17) is 5.11 Å². The summed E-state index contributed by atoms with van der Waals surface area (Å²) in [6.45, 7) is 4.54. The van der Waals surface area contributed by atoms with Crippen molar-refractivity contribution >= 4 is 23.3 Å². The van der Waals surface area contributed by atoms with Crippen LogP contribution in [0.25, 0.3) is 0 Å². The average molecular weight is 280 g/mol. The summed E-state index contributed by atoms with van der Waals surface area (Å²) in [7, 11) is 0. The molecule has 1 amide bonds. The van der Waals surface area contributed by atoms with Crippen molar-refractivity contribution in [1.29, 1.82) is 0 Å². The van der Waals surface area contributed by atoms with Gasteiger partial charge in [0.05, 0.1) is 10.8 Å². The van der Waals surface area contributed by atoms with Crippen molar-refractivity contribution in [1.82, 2.24) is 0 Å². The second-order valence-electron chi connectivity index (χ2n) is 4.66. The van der Waals surface area contributed by atoms with Gasteiger partial charge < -0.3 is 10.4 Å². The lowest BCUT2D eigenvalue weighted by atomic mass is 9.95. The zero-order valence-corrected chi connectivity index (χ0v) is 11.4. The van der Waals surface area contributed by atoms with Crippen LogP contribution < -0.4 is 5.32 Å². The Morgan fingerprint density at radius 1 is 1.30 bits per heavy atom. The van der Waals surface area contributed by atoms with E-state index in [0.29, 0.717) is 11.3 Å². The van der Waals surface area contributed by atoms with E-state index in [1.54, 1.807) is 6.92 Å². The number of carbonyl (C=O) groups is 2. The molecule has 0 aliphatic heterocycles. The molecule has 1 aromatic carbocycles. The number of nitro benzene ring substituents is 1. The molecule has 0 radical (unpaired) electrons. The largest absolute Gasteiger partial charge is 0.481 e. The van der Waals surface area contributed by atoms with Crippen LogP contribution in [-0.4, -0.2) is 21.9 Å². The van der Waals surface area contributed by atoms with Gasteiger partial charge in [0.2, 0.25) is 5.91 Å². The van der Waals surface area contributed by atoms with Gasteiger partial charge in [-0.2, -0.15) is 0 Å². The number of hydrogen-bond donors (Lipinski definition) is 2. The molecule has 0 saturated heterocycles. The van der Waals surface area contributed by atoms with Crippen LogP contribution in [0.3, 0.4) is 0 Å². The van der Waals surface area contributed by atoms with Gasteiger partial charge >= 0.3 is 5.97 Å². The first-order valence-corrected chi connectivity index (χ1v) is 6.02. The van der Waals surface area contributed by atoms with Gasteiger partial charge in [0.1, 0.15) is 0 Å². The minimum absolute atomic E-state index is 0.0325. The Hall–Kier alpha value is -2.44. The Kier molecular flexibility index (Phi) is 4.79. The number of anilines is 1. The molecule has 2 atom stereocenters. The first-order valence-electron chi connectivity index (χ1n) is 6.02. The van der Waals surface area contributed by atoms with E-state index < -0.39 is 28.6 Å². The zero-order valence-electron chi connectivity index (χ0n) is 11.4. The van der Waals surface area contributed by atoms with Crippen LogP contribution in [0.15, 0.2) is 18.2 Å². The number of aliphatic carboxylic acids is 1. The molecule has 7 nitrogen and oxygen atoms in total. The van der Waals surface area contributed by atoms with Crippen molar-refractivity contribution in [2.24, 2.45) is 11.8 Å². The second-order valence-corrected chi connectivity index (χ2v) is 4.66. The molecule has 0 spiro atoms. The van der Waals surface area contributed by atoms with Crippen molar-refractivity contribution in [2.45, 2.75) is 20.8 Å². The molecule has 1 rings (SSSR count). The number of aryl methyl sites for hydroxylation is 1. The molecule has 2 unspecified atom stereocenters. The lowest BCUT2D eigenvalue weighted by molar-refractivity contribution is -0.385. The van der Waals surface area contributed by atoms with Crippen LogP contribution in [0.2, 0.25) is 0 Å². The SMILES string of the molecule is Cc1cc(NC(=O)C(C)C(C)C(=O)O)ccc1[N+](=O)[O-]. The Morgan fingerprint density at radius 3 is 2.35 bits per heavy atom. The van der Waals surface area contributed by atoms with Crippen molar-refractivity contribution in [3.63, 3.8) is 0 Å². The van der Waals surface area contributed by atoms with Gasteiger partial charge in [-0.25, -0.2) is 0 Å². The molecule has 2 N–H and O–H groups in total. The Bertz CT molecular complexity index is 556. The van der Waals surface area contributed by atoms with E-state index in [1.165, 1.54) is 32.0 Å². The average Bonchev–Trinajstić information content (AvgIpc) is 2.36. The molecule has 0 fully saturated rings. The van der Waals surface area contributed by atoms with Crippen molar-refractivity contribution in [2.75, 3.05) is 5.32 Å². The number of carboxylic acid groups (broad SMARTS) is 1. The standard InChI is InChI=1S/C13H16N2O5/c1-7-6-10(4-5-11(7)15(19)20)14-12(16)8(2)9(3)13(17)18/h4-6,8-9H,1-3H3,(H,14,16)(H,17,18). The summed E-state index contributed by atoms with van der Waals surface area (Å²) in [5, 5.41) is 22.1. The number of nitrogens with zero attached hydrogens (tertiary/aromatic N) is 1. The van der Waals surface area contributed by atoms with Gasteiger partial charge in [0, 0.05) is 23.2 Å². The minimum atomic E-state index is -1.05. The van der Waals surface area contributed by atoms with E-state index in [-0.39, 0.29) is 5.69 Å². The van der Waals surface area contributed by atoms with Crippen LogP contribution >= 0.6 is 0 Å². The fraction of sp³-hybridized carbons (Fsp3) is 0.385. The molecule has 108 valence electrons. The number of hydrogen-bond acceptors (Lipinski definition) is 4. The van der Waals surface area contributed by atoms with Gasteiger partial charge in [-0.05, 0) is 19.1 Å². The van der Waals surface area contributed by atoms with E-state index in [1.807, 2.05) is 0 Å². The van der Waals surface area contributed by atoms with E-state index in [2.05, 4.69) is 5.32 Å². The summed E-state index contributed by atoms with van der Waals surface area (Å²) in [6.07, 6.45) is 0. The fourth-order valence-corrected chi connectivity index (χ4v) is 1.64. The Labute approximate surface area is 115 Å². The van der Waals surface area contributed by atoms with Crippen molar-refractivity contribution < 1.29 is 19.6 Å². The van der Waals surface area contributed by atoms with Gasteiger partial charge in [-0.3, -0.25) is 19.7 Å². The third-order valence-electron chi connectivity index (χ3n) is 3.21. The van der Waals surface area contributed by atoms with E-state index >= 15 is 0 Å². The number of amides is 1. The Balaban J connectivity index is 2.84. The minimum Gasteiger partial charge on any atom is -0.481 e. The number of benzene rings is 1. The monoisotopic (exact) mass is 280 g/mol. The molecule has 1 aromatic rings. The highest BCUT2D eigenvalue weighted by Crippen LogP contribution is 2.22. The first kappa shape index (κ1) is 15.6. The number of rotatable bonds is 5. The molecule has 0 heterocycles. The summed E-state index contributed by atoms with van der Waals surface area (Å²) >= 11 is 0. The van der Waals surface area contributed by atoms with Crippen LogP contribution in [0, 0.1) is 28.9 Å². The normalized spacial score (nSPS) is 13.3. The lowest BCUT2D eigenvalue weighted by Crippen LogP contribution is -2.29. The molecule has 7 heteroatoms.